The predicted molar refractivity (Wildman–Crippen MR) is 57.4 cm³/mol. The molecule has 0 unspecified atom stereocenters. The Morgan fingerprint density at radius 3 is 2.60 bits per heavy atom. The number of carbonyl (C=O) groups excluding carboxylic acids is 1. The number of carbonyl (C=O) groups is 1. The summed E-state index contributed by atoms with van der Waals surface area (Å²) in [6.45, 7) is 1.70. The van der Waals surface area contributed by atoms with E-state index in [0.717, 1.165) is 25.7 Å². The Hall–Kier alpha value is -1.18. The highest BCUT2D eigenvalue weighted by Gasteiger charge is 2.23. The fraction of sp³-hybridized carbons (Fsp3) is 0.462. The molecule has 0 heterocycles. The summed E-state index contributed by atoms with van der Waals surface area (Å²) in [5.74, 6) is 0.128. The van der Waals surface area contributed by atoms with Crippen LogP contribution in [0.25, 0.3) is 0 Å². The zero-order chi connectivity index (χ0) is 10.8. The number of hydrogen-bond acceptors (Lipinski definition) is 1. The maximum Gasteiger partial charge on any atom is 0.165 e. The molecule has 1 aliphatic rings. The van der Waals surface area contributed by atoms with Crippen LogP contribution in [-0.2, 0) is 0 Å². The first-order valence-corrected chi connectivity index (χ1v) is 5.49. The molecular formula is C13H15FO. The fourth-order valence-corrected chi connectivity index (χ4v) is 2.22. The van der Waals surface area contributed by atoms with E-state index in [4.69, 9.17) is 0 Å². The summed E-state index contributed by atoms with van der Waals surface area (Å²) in [4.78, 5) is 12.0. The van der Waals surface area contributed by atoms with Crippen molar-refractivity contribution < 1.29 is 9.18 Å². The quantitative estimate of drug-likeness (QED) is 0.677. The second kappa shape index (κ2) is 4.13. The molecule has 0 N–H and O–H groups in total. The SMILES string of the molecule is Cc1cc(C(=O)C2CCCC2)ccc1F. The second-order valence-electron chi connectivity index (χ2n) is 4.31. The minimum absolute atomic E-state index is 0.176. The van der Waals surface area contributed by atoms with Gasteiger partial charge in [0.1, 0.15) is 5.82 Å². The number of ketones is 1. The molecule has 1 saturated carbocycles. The maximum atomic E-state index is 13.0. The first-order chi connectivity index (χ1) is 7.18. The van der Waals surface area contributed by atoms with Crippen LogP contribution in [0.15, 0.2) is 18.2 Å². The summed E-state index contributed by atoms with van der Waals surface area (Å²) >= 11 is 0. The Morgan fingerprint density at radius 1 is 1.33 bits per heavy atom. The van der Waals surface area contributed by atoms with Gasteiger partial charge < -0.3 is 0 Å². The van der Waals surface area contributed by atoms with Crippen LogP contribution in [0.4, 0.5) is 4.39 Å². The van der Waals surface area contributed by atoms with Crippen molar-refractivity contribution in [2.75, 3.05) is 0 Å². The van der Waals surface area contributed by atoms with Gasteiger partial charge in [0.25, 0.3) is 0 Å². The van der Waals surface area contributed by atoms with Crippen LogP contribution in [0.1, 0.15) is 41.6 Å². The summed E-state index contributed by atoms with van der Waals surface area (Å²) < 4.78 is 13.0. The Labute approximate surface area is 89.3 Å². The van der Waals surface area contributed by atoms with E-state index in [-0.39, 0.29) is 17.5 Å². The Kier molecular flexibility index (Phi) is 2.85. The highest BCUT2D eigenvalue weighted by atomic mass is 19.1. The van der Waals surface area contributed by atoms with E-state index in [2.05, 4.69) is 0 Å². The maximum absolute atomic E-state index is 13.0. The molecule has 0 amide bonds. The van der Waals surface area contributed by atoms with Gasteiger partial charge in [-0.2, -0.15) is 0 Å². The molecule has 0 spiro atoms. The van der Waals surface area contributed by atoms with Crippen molar-refractivity contribution in [1.82, 2.24) is 0 Å². The molecule has 1 aromatic carbocycles. The molecule has 2 rings (SSSR count). The van der Waals surface area contributed by atoms with Crippen LogP contribution >= 0.6 is 0 Å². The number of hydrogen-bond donors (Lipinski definition) is 0. The van der Waals surface area contributed by atoms with Crippen molar-refractivity contribution in [2.24, 2.45) is 5.92 Å². The minimum Gasteiger partial charge on any atom is -0.294 e. The van der Waals surface area contributed by atoms with Gasteiger partial charge in [0.05, 0.1) is 0 Å². The topological polar surface area (TPSA) is 17.1 Å². The second-order valence-corrected chi connectivity index (χ2v) is 4.31. The Bertz CT molecular complexity index is 378. The highest BCUT2D eigenvalue weighted by molar-refractivity contribution is 5.98. The first-order valence-electron chi connectivity index (χ1n) is 5.49. The molecule has 1 aromatic rings. The predicted octanol–water partition coefficient (Wildman–Crippen LogP) is 3.51. The van der Waals surface area contributed by atoms with E-state index < -0.39 is 0 Å². The average Bonchev–Trinajstić information content (AvgIpc) is 2.74. The summed E-state index contributed by atoms with van der Waals surface area (Å²) in [5.41, 5.74) is 1.22. The molecule has 0 aromatic heterocycles. The molecule has 0 aliphatic heterocycles. The lowest BCUT2D eigenvalue weighted by molar-refractivity contribution is 0.0922. The van der Waals surface area contributed by atoms with Gasteiger partial charge in [0.15, 0.2) is 5.78 Å². The summed E-state index contributed by atoms with van der Waals surface area (Å²) in [5, 5.41) is 0. The molecule has 2 heteroatoms. The number of rotatable bonds is 2. The number of benzene rings is 1. The smallest absolute Gasteiger partial charge is 0.165 e. The van der Waals surface area contributed by atoms with Crippen molar-refractivity contribution in [2.45, 2.75) is 32.6 Å². The Morgan fingerprint density at radius 2 is 2.00 bits per heavy atom. The third-order valence-electron chi connectivity index (χ3n) is 3.17. The van der Waals surface area contributed by atoms with E-state index in [1.807, 2.05) is 0 Å². The summed E-state index contributed by atoms with van der Waals surface area (Å²) in [6.07, 6.45) is 4.29. The highest BCUT2D eigenvalue weighted by Crippen LogP contribution is 2.28. The zero-order valence-electron chi connectivity index (χ0n) is 8.92. The molecule has 1 nitrogen and oxygen atoms in total. The van der Waals surface area contributed by atoms with Crippen LogP contribution in [-0.4, -0.2) is 5.78 Å². The normalized spacial score (nSPS) is 16.9. The van der Waals surface area contributed by atoms with E-state index in [1.165, 1.54) is 6.07 Å². The van der Waals surface area contributed by atoms with Crippen molar-refractivity contribution >= 4 is 5.78 Å². The van der Waals surface area contributed by atoms with Gasteiger partial charge in [-0.05, 0) is 43.5 Å². The van der Waals surface area contributed by atoms with E-state index >= 15 is 0 Å². The van der Waals surface area contributed by atoms with Crippen LogP contribution in [0.3, 0.4) is 0 Å². The van der Waals surface area contributed by atoms with E-state index in [0.29, 0.717) is 11.1 Å². The largest absolute Gasteiger partial charge is 0.294 e. The number of Topliss-reactive ketones (excluding diaryl/α,β-unsaturated/α-hetero) is 1. The summed E-state index contributed by atoms with van der Waals surface area (Å²) in [6, 6.07) is 4.65. The van der Waals surface area contributed by atoms with Crippen molar-refractivity contribution in [3.05, 3.63) is 35.1 Å². The summed E-state index contributed by atoms with van der Waals surface area (Å²) in [7, 11) is 0. The average molecular weight is 206 g/mol. The monoisotopic (exact) mass is 206 g/mol. The molecule has 1 fully saturated rings. The van der Waals surface area contributed by atoms with Crippen molar-refractivity contribution in [3.8, 4) is 0 Å². The molecule has 1 aliphatic carbocycles. The van der Waals surface area contributed by atoms with E-state index in [9.17, 15) is 9.18 Å². The first kappa shape index (κ1) is 10.3. The molecular weight excluding hydrogens is 191 g/mol. The van der Waals surface area contributed by atoms with Gasteiger partial charge in [-0.3, -0.25) is 4.79 Å². The lowest BCUT2D eigenvalue weighted by Crippen LogP contribution is -2.11. The third kappa shape index (κ3) is 2.09. The van der Waals surface area contributed by atoms with Gasteiger partial charge in [-0.15, -0.1) is 0 Å². The van der Waals surface area contributed by atoms with Gasteiger partial charge in [-0.25, -0.2) is 4.39 Å². The van der Waals surface area contributed by atoms with Gasteiger partial charge in [-0.1, -0.05) is 12.8 Å². The molecule has 15 heavy (non-hydrogen) atoms. The van der Waals surface area contributed by atoms with Gasteiger partial charge >= 0.3 is 0 Å². The van der Waals surface area contributed by atoms with Crippen LogP contribution in [0.5, 0.6) is 0 Å². The van der Waals surface area contributed by atoms with E-state index in [1.54, 1.807) is 19.1 Å². The Balaban J connectivity index is 2.21. The number of halogens is 1. The van der Waals surface area contributed by atoms with Crippen LogP contribution in [0.2, 0.25) is 0 Å². The van der Waals surface area contributed by atoms with Gasteiger partial charge in [0.2, 0.25) is 0 Å². The van der Waals surface area contributed by atoms with Crippen LogP contribution in [0, 0.1) is 18.7 Å². The zero-order valence-corrected chi connectivity index (χ0v) is 8.92. The molecule has 0 bridgehead atoms. The van der Waals surface area contributed by atoms with Crippen LogP contribution < -0.4 is 0 Å². The minimum atomic E-state index is -0.238. The lowest BCUT2D eigenvalue weighted by atomic mass is 9.95. The molecule has 80 valence electrons. The van der Waals surface area contributed by atoms with Crippen molar-refractivity contribution in [1.29, 1.82) is 0 Å². The molecule has 0 saturated heterocycles. The molecule has 0 atom stereocenters. The van der Waals surface area contributed by atoms with Crippen molar-refractivity contribution in [3.63, 3.8) is 0 Å². The third-order valence-corrected chi connectivity index (χ3v) is 3.17. The van der Waals surface area contributed by atoms with Gasteiger partial charge in [0, 0.05) is 11.5 Å². The standard InChI is InChI=1S/C13H15FO/c1-9-8-11(6-7-12(9)14)13(15)10-4-2-3-5-10/h6-8,10H,2-5H2,1H3. The molecule has 0 radical (unpaired) electrons. The number of aryl methyl sites for hydroxylation is 1. The lowest BCUT2D eigenvalue weighted by Gasteiger charge is -2.08. The fourth-order valence-electron chi connectivity index (χ4n) is 2.22.